The lowest BCUT2D eigenvalue weighted by Crippen LogP contribution is -2.47. The van der Waals surface area contributed by atoms with Crippen LogP contribution in [0.25, 0.3) is 12.2 Å². The number of benzene rings is 4. The lowest BCUT2D eigenvalue weighted by Gasteiger charge is -2.44. The van der Waals surface area contributed by atoms with Crippen LogP contribution in [-0.4, -0.2) is 37.1 Å². The molecular weight excluding hydrogens is 580 g/mol. The number of nitrogens with zero attached hydrogens (tertiary/aromatic N) is 4. The van der Waals surface area contributed by atoms with Crippen molar-refractivity contribution in [3.8, 4) is 11.5 Å². The molecular formula is C41H40N4O2. The molecule has 1 amide bonds. The molecule has 1 aromatic heterocycles. The van der Waals surface area contributed by atoms with Gasteiger partial charge in [0.15, 0.2) is 0 Å². The molecule has 0 bridgehead atoms. The molecule has 236 valence electrons. The van der Waals surface area contributed by atoms with E-state index in [9.17, 15) is 4.79 Å². The number of ether oxygens (including phenoxy) is 1. The third-order valence-electron chi connectivity index (χ3n) is 9.60. The standard InChI is InChI=1S/C41H40N4O2/c1-5-43(6-2)32-19-21-36-38(27-32)47-39-28-33(44(7-3)8-4)20-22-37(39)41(36)35-12-10-9-11-34(35)40(46)45(41)31-17-15-29(16-18-31)13-14-30-23-25-42-26-24-30/h9-28H,5-8H2,1-4H3/b14-13+. The average molecular weight is 621 g/mol. The van der Waals surface area contributed by atoms with Crippen molar-refractivity contribution < 1.29 is 9.53 Å². The number of rotatable bonds is 9. The molecule has 2 aliphatic rings. The predicted molar refractivity (Wildman–Crippen MR) is 193 cm³/mol. The molecule has 0 N–H and O–H groups in total. The van der Waals surface area contributed by atoms with E-state index < -0.39 is 5.54 Å². The zero-order valence-electron chi connectivity index (χ0n) is 27.5. The first-order valence-electron chi connectivity index (χ1n) is 16.6. The van der Waals surface area contributed by atoms with Crippen molar-refractivity contribution in [3.63, 3.8) is 0 Å². The quantitative estimate of drug-likeness (QED) is 0.165. The Bertz CT molecular complexity index is 1880. The van der Waals surface area contributed by atoms with Gasteiger partial charge >= 0.3 is 0 Å². The highest BCUT2D eigenvalue weighted by Gasteiger charge is 2.57. The van der Waals surface area contributed by atoms with Crippen molar-refractivity contribution in [3.05, 3.63) is 143 Å². The molecule has 0 aliphatic carbocycles. The Morgan fingerprint density at radius 2 is 1.19 bits per heavy atom. The Morgan fingerprint density at radius 3 is 1.74 bits per heavy atom. The van der Waals surface area contributed by atoms with Gasteiger partial charge in [-0.3, -0.25) is 14.7 Å². The molecule has 0 unspecified atom stereocenters. The van der Waals surface area contributed by atoms with Crippen LogP contribution < -0.4 is 19.4 Å². The van der Waals surface area contributed by atoms with Crippen molar-refractivity contribution in [1.82, 2.24) is 4.98 Å². The maximum Gasteiger partial charge on any atom is 0.260 e. The number of carbonyl (C=O) groups excluding carboxylic acids is 1. The van der Waals surface area contributed by atoms with Gasteiger partial charge in [-0.15, -0.1) is 0 Å². The number of anilines is 3. The highest BCUT2D eigenvalue weighted by Crippen LogP contribution is 2.59. The minimum absolute atomic E-state index is 0.0277. The van der Waals surface area contributed by atoms with Gasteiger partial charge in [0.05, 0.1) is 0 Å². The topological polar surface area (TPSA) is 48.9 Å². The fourth-order valence-electron chi connectivity index (χ4n) is 7.24. The molecule has 4 aromatic carbocycles. The summed E-state index contributed by atoms with van der Waals surface area (Å²) in [6, 6.07) is 33.2. The lowest BCUT2D eigenvalue weighted by atomic mass is 9.74. The normalized spacial score (nSPS) is 14.1. The fraction of sp³-hybridized carbons (Fsp3) is 0.220. The van der Waals surface area contributed by atoms with E-state index in [1.165, 1.54) is 0 Å². The Morgan fingerprint density at radius 1 is 0.660 bits per heavy atom. The number of aromatic nitrogens is 1. The van der Waals surface area contributed by atoms with Crippen LogP contribution in [0.2, 0.25) is 0 Å². The summed E-state index contributed by atoms with van der Waals surface area (Å²) in [6.07, 6.45) is 7.73. The van der Waals surface area contributed by atoms with Crippen molar-refractivity contribution in [2.75, 3.05) is 40.9 Å². The van der Waals surface area contributed by atoms with E-state index in [4.69, 9.17) is 4.74 Å². The summed E-state index contributed by atoms with van der Waals surface area (Å²) in [4.78, 5) is 25.4. The van der Waals surface area contributed by atoms with Crippen LogP contribution in [0.4, 0.5) is 17.1 Å². The summed E-state index contributed by atoms with van der Waals surface area (Å²) in [5.74, 6) is 1.51. The Labute approximate surface area is 277 Å². The zero-order valence-corrected chi connectivity index (χ0v) is 27.5. The van der Waals surface area contributed by atoms with Crippen LogP contribution in [0.1, 0.15) is 65.9 Å². The summed E-state index contributed by atoms with van der Waals surface area (Å²) >= 11 is 0. The average Bonchev–Trinajstić information content (AvgIpc) is 3.37. The molecule has 0 saturated heterocycles. The first-order valence-corrected chi connectivity index (χ1v) is 16.6. The molecule has 3 heterocycles. The molecule has 6 heteroatoms. The number of pyridine rings is 1. The van der Waals surface area contributed by atoms with Gasteiger partial charge in [0.1, 0.15) is 17.0 Å². The van der Waals surface area contributed by atoms with E-state index in [1.807, 2.05) is 35.2 Å². The maximum absolute atomic E-state index is 14.7. The lowest BCUT2D eigenvalue weighted by molar-refractivity contribution is 0.0985. The highest BCUT2D eigenvalue weighted by atomic mass is 16.5. The second-order valence-electron chi connectivity index (χ2n) is 11.9. The maximum atomic E-state index is 14.7. The van der Waals surface area contributed by atoms with Gasteiger partial charge in [-0.2, -0.15) is 0 Å². The van der Waals surface area contributed by atoms with Crippen molar-refractivity contribution >= 4 is 35.1 Å². The highest BCUT2D eigenvalue weighted by molar-refractivity contribution is 6.14. The van der Waals surface area contributed by atoms with E-state index in [-0.39, 0.29) is 5.91 Å². The molecule has 7 rings (SSSR count). The van der Waals surface area contributed by atoms with Crippen LogP contribution >= 0.6 is 0 Å². The minimum Gasteiger partial charge on any atom is -0.456 e. The molecule has 5 aromatic rings. The molecule has 47 heavy (non-hydrogen) atoms. The number of hydrogen-bond donors (Lipinski definition) is 0. The SMILES string of the molecule is CCN(CC)c1ccc2c(c1)Oc1cc(N(CC)CC)ccc1C21c2ccccc2C(=O)N1c1ccc(/C=C/c2ccncc2)cc1. The van der Waals surface area contributed by atoms with Gasteiger partial charge in [0, 0.05) is 90.0 Å². The third-order valence-corrected chi connectivity index (χ3v) is 9.60. The molecule has 6 nitrogen and oxygen atoms in total. The monoisotopic (exact) mass is 620 g/mol. The van der Waals surface area contributed by atoms with Gasteiger partial charge in [0.2, 0.25) is 0 Å². The van der Waals surface area contributed by atoms with Crippen LogP contribution in [0.5, 0.6) is 11.5 Å². The molecule has 0 fully saturated rings. The molecule has 0 radical (unpaired) electrons. The van der Waals surface area contributed by atoms with Crippen molar-refractivity contribution in [2.45, 2.75) is 33.2 Å². The summed E-state index contributed by atoms with van der Waals surface area (Å²) < 4.78 is 6.85. The smallest absolute Gasteiger partial charge is 0.260 e. The number of hydrogen-bond acceptors (Lipinski definition) is 5. The summed E-state index contributed by atoms with van der Waals surface area (Å²) in [7, 11) is 0. The van der Waals surface area contributed by atoms with Gasteiger partial charge in [-0.05, 0) is 81.3 Å². The van der Waals surface area contributed by atoms with Gasteiger partial charge in [-0.25, -0.2) is 0 Å². The zero-order chi connectivity index (χ0) is 32.5. The number of carbonyl (C=O) groups is 1. The van der Waals surface area contributed by atoms with E-state index >= 15 is 0 Å². The Balaban J connectivity index is 1.44. The predicted octanol–water partition coefficient (Wildman–Crippen LogP) is 9.00. The minimum atomic E-state index is -0.922. The van der Waals surface area contributed by atoms with E-state index in [1.54, 1.807) is 12.4 Å². The van der Waals surface area contributed by atoms with Gasteiger partial charge in [-0.1, -0.05) is 54.6 Å². The Hall–Kier alpha value is -5.36. The summed E-state index contributed by atoms with van der Waals surface area (Å²) in [6.45, 7) is 12.2. The van der Waals surface area contributed by atoms with E-state index in [0.29, 0.717) is 5.56 Å². The molecule has 1 spiro atoms. The van der Waals surface area contributed by atoms with Gasteiger partial charge < -0.3 is 14.5 Å². The fourth-order valence-corrected chi connectivity index (χ4v) is 7.24. The first kappa shape index (κ1) is 30.3. The van der Waals surface area contributed by atoms with E-state index in [0.717, 1.165) is 82.6 Å². The summed E-state index contributed by atoms with van der Waals surface area (Å²) in [5, 5.41) is 0. The van der Waals surface area contributed by atoms with E-state index in [2.05, 4.69) is 121 Å². The summed E-state index contributed by atoms with van der Waals surface area (Å²) in [5.41, 5.74) is 7.80. The van der Waals surface area contributed by atoms with Gasteiger partial charge in [0.25, 0.3) is 5.91 Å². The number of fused-ring (bicyclic) bond motifs is 6. The number of amides is 1. The molecule has 0 atom stereocenters. The third kappa shape index (κ3) is 4.96. The van der Waals surface area contributed by atoms with Crippen LogP contribution in [0.3, 0.4) is 0 Å². The van der Waals surface area contributed by atoms with Crippen LogP contribution in [-0.2, 0) is 5.54 Å². The van der Waals surface area contributed by atoms with Crippen molar-refractivity contribution in [1.29, 1.82) is 0 Å². The second-order valence-corrected chi connectivity index (χ2v) is 11.9. The first-order chi connectivity index (χ1) is 23.0. The molecule has 0 saturated carbocycles. The Kier molecular flexibility index (Phi) is 8.02. The second kappa shape index (κ2) is 12.4. The van der Waals surface area contributed by atoms with Crippen molar-refractivity contribution in [2.24, 2.45) is 0 Å². The molecule has 2 aliphatic heterocycles. The largest absolute Gasteiger partial charge is 0.456 e. The van der Waals surface area contributed by atoms with Crippen LogP contribution in [0.15, 0.2) is 109 Å². The van der Waals surface area contributed by atoms with Crippen LogP contribution in [0, 0.1) is 0 Å².